The van der Waals surface area contributed by atoms with Crippen LogP contribution in [0.5, 0.6) is 5.75 Å². The van der Waals surface area contributed by atoms with E-state index in [9.17, 15) is 43.7 Å². The first-order chi connectivity index (χ1) is 30.0. The molecule has 0 amide bonds. The number of carbonyl (C=O) groups excluding carboxylic acids is 1. The standard InChI is InChI=1S/C47H56N2O11S4/c1-46(2)39-31-37(61)20-22-41(39)48(26-5-7-29-62(51,52)53)43(46)24-16-34-12-9-13-35(45(34)60-36-18-14-33(15-19-36)11-10-28-50)17-25-44-47(3,4)40-32-38(64(57,58)59)21-23-42(40)49(44)27-6-8-30-63(54,55)56/h14-25,28,31-32H,5-13,26-27,29-30H2,1-4H3,(H3-,51,52,53,54,55,56,57,58,59,61)/p+1. The van der Waals surface area contributed by atoms with Gasteiger partial charge >= 0.3 is 0 Å². The lowest BCUT2D eigenvalue weighted by molar-refractivity contribution is -0.438. The molecule has 64 heavy (non-hydrogen) atoms. The van der Waals surface area contributed by atoms with Gasteiger partial charge < -0.3 is 14.4 Å². The number of nitrogens with zero attached hydrogens (tertiary/aromatic N) is 2. The van der Waals surface area contributed by atoms with Gasteiger partial charge in [0.2, 0.25) is 5.69 Å². The van der Waals surface area contributed by atoms with E-state index in [1.54, 1.807) is 6.07 Å². The van der Waals surface area contributed by atoms with Gasteiger partial charge in [0.05, 0.1) is 21.8 Å². The topological polar surface area (TPSA) is 196 Å². The molecule has 3 aromatic carbocycles. The van der Waals surface area contributed by atoms with E-state index < -0.39 is 46.9 Å². The Morgan fingerprint density at radius 3 is 2.12 bits per heavy atom. The van der Waals surface area contributed by atoms with Gasteiger partial charge in [0.1, 0.15) is 24.3 Å². The summed E-state index contributed by atoms with van der Waals surface area (Å²) < 4.78 is 108. The number of ether oxygens (including phenoxy) is 1. The minimum atomic E-state index is -4.51. The number of aryl methyl sites for hydroxylation is 1. The molecule has 3 N–H and O–H groups in total. The van der Waals surface area contributed by atoms with Crippen LogP contribution in [0.4, 0.5) is 11.4 Å². The van der Waals surface area contributed by atoms with Crippen molar-refractivity contribution in [2.45, 2.75) is 106 Å². The van der Waals surface area contributed by atoms with E-state index in [4.69, 9.17) is 4.74 Å². The van der Waals surface area contributed by atoms with Gasteiger partial charge in [0.15, 0.2) is 5.71 Å². The second-order valence-corrected chi connectivity index (χ2v) is 22.6. The van der Waals surface area contributed by atoms with Crippen molar-refractivity contribution in [2.75, 3.05) is 29.5 Å². The third-order valence-corrected chi connectivity index (χ3v) is 14.9. The molecule has 0 unspecified atom stereocenters. The molecule has 0 atom stereocenters. The SMILES string of the molecule is CC1(C)C(/C=C/C2=C(Oc3ccc(CCC=O)cc3)C(=C/C=C3/N(CCCCS(=O)(=O)O)c4ccc(S(=O)(=O)O)cc4C3(C)C)/CCC2)=[N+](CCCCS(=O)(=O)O)c2ccc(S)cc21. The van der Waals surface area contributed by atoms with Crippen molar-refractivity contribution in [2.24, 2.45) is 0 Å². The Balaban J connectivity index is 1.45. The van der Waals surface area contributed by atoms with Gasteiger partial charge in [0, 0.05) is 58.8 Å². The van der Waals surface area contributed by atoms with Crippen molar-refractivity contribution in [3.05, 3.63) is 124 Å². The lowest BCUT2D eigenvalue weighted by Gasteiger charge is -2.27. The molecule has 0 fully saturated rings. The van der Waals surface area contributed by atoms with Crippen molar-refractivity contribution in [3.8, 4) is 5.75 Å². The third kappa shape index (κ3) is 11.7. The maximum atomic E-state index is 12.2. The number of allylic oxidation sites excluding steroid dienone is 7. The second-order valence-electron chi connectivity index (χ2n) is 17.5. The maximum Gasteiger partial charge on any atom is 0.294 e. The Morgan fingerprint density at radius 2 is 1.47 bits per heavy atom. The lowest BCUT2D eigenvalue weighted by atomic mass is 9.81. The Labute approximate surface area is 383 Å². The van der Waals surface area contributed by atoms with Crippen molar-refractivity contribution in [3.63, 3.8) is 0 Å². The normalized spacial score (nSPS) is 18.7. The largest absolute Gasteiger partial charge is 0.457 e. The molecule has 2 heterocycles. The van der Waals surface area contributed by atoms with Crippen molar-refractivity contribution in [1.29, 1.82) is 0 Å². The number of aldehydes is 1. The van der Waals surface area contributed by atoms with Gasteiger partial charge in [-0.15, -0.1) is 12.6 Å². The van der Waals surface area contributed by atoms with Crippen LogP contribution in [0.15, 0.2) is 117 Å². The van der Waals surface area contributed by atoms with Crippen LogP contribution in [-0.2, 0) is 52.4 Å². The molecule has 2 aliphatic heterocycles. The average Bonchev–Trinajstić information content (AvgIpc) is 3.55. The van der Waals surface area contributed by atoms with E-state index in [2.05, 4.69) is 49.3 Å². The molecular weight excluding hydrogens is 897 g/mol. The second kappa shape index (κ2) is 19.6. The molecule has 17 heteroatoms. The first-order valence-electron chi connectivity index (χ1n) is 21.3. The minimum Gasteiger partial charge on any atom is -0.457 e. The van der Waals surface area contributed by atoms with Crippen LogP contribution in [0.2, 0.25) is 0 Å². The quantitative estimate of drug-likeness (QED) is 0.0294. The van der Waals surface area contributed by atoms with Crippen LogP contribution < -0.4 is 9.64 Å². The summed E-state index contributed by atoms with van der Waals surface area (Å²) in [7, 11) is -12.8. The first-order valence-corrected chi connectivity index (χ1v) is 26.4. The van der Waals surface area contributed by atoms with Crippen LogP contribution in [0.25, 0.3) is 0 Å². The number of unbranched alkanes of at least 4 members (excludes halogenated alkanes) is 2. The highest BCUT2D eigenvalue weighted by Gasteiger charge is 2.44. The number of carbonyl (C=O) groups is 1. The number of hydrogen-bond acceptors (Lipinski definition) is 10. The number of thiol groups is 1. The lowest BCUT2D eigenvalue weighted by Crippen LogP contribution is -2.28. The zero-order chi connectivity index (χ0) is 46.7. The maximum absolute atomic E-state index is 12.2. The molecule has 0 radical (unpaired) electrons. The van der Waals surface area contributed by atoms with Gasteiger partial charge in [-0.1, -0.05) is 32.1 Å². The van der Waals surface area contributed by atoms with E-state index in [0.717, 1.165) is 57.0 Å². The molecule has 0 aromatic heterocycles. The van der Waals surface area contributed by atoms with Gasteiger partial charge in [-0.25, -0.2) is 0 Å². The Kier molecular flexibility index (Phi) is 15.0. The highest BCUT2D eigenvalue weighted by atomic mass is 32.2. The van der Waals surface area contributed by atoms with Gasteiger partial charge in [-0.05, 0) is 136 Å². The Bertz CT molecular complexity index is 2780. The molecule has 0 bridgehead atoms. The summed E-state index contributed by atoms with van der Waals surface area (Å²) in [6.07, 6.45) is 13.7. The van der Waals surface area contributed by atoms with Crippen LogP contribution in [0.3, 0.4) is 0 Å². The van der Waals surface area contributed by atoms with Crippen molar-refractivity contribution < 1.29 is 53.0 Å². The zero-order valence-corrected chi connectivity index (χ0v) is 39.9. The van der Waals surface area contributed by atoms with E-state index in [1.165, 1.54) is 12.1 Å². The number of anilines is 1. The molecule has 3 aromatic rings. The monoisotopic (exact) mass is 953 g/mol. The summed E-state index contributed by atoms with van der Waals surface area (Å²) in [5.41, 5.74) is 6.90. The van der Waals surface area contributed by atoms with E-state index in [0.29, 0.717) is 80.8 Å². The van der Waals surface area contributed by atoms with Crippen LogP contribution in [0, 0.1) is 0 Å². The van der Waals surface area contributed by atoms with Crippen LogP contribution in [0.1, 0.15) is 95.8 Å². The Morgan fingerprint density at radius 1 is 0.781 bits per heavy atom. The highest BCUT2D eigenvalue weighted by Crippen LogP contribution is 2.49. The van der Waals surface area contributed by atoms with E-state index in [1.807, 2.05) is 67.3 Å². The highest BCUT2D eigenvalue weighted by molar-refractivity contribution is 7.86. The van der Waals surface area contributed by atoms with Gasteiger partial charge in [0.25, 0.3) is 30.4 Å². The summed E-state index contributed by atoms with van der Waals surface area (Å²) in [5, 5.41) is 0. The number of hydrogen-bond donors (Lipinski definition) is 4. The number of rotatable bonds is 19. The zero-order valence-electron chi connectivity index (χ0n) is 36.5. The molecule has 0 saturated carbocycles. The summed E-state index contributed by atoms with van der Waals surface area (Å²) in [5.74, 6) is 0.542. The predicted octanol–water partition coefficient (Wildman–Crippen LogP) is 8.75. The molecule has 344 valence electrons. The third-order valence-electron chi connectivity index (χ3n) is 12.2. The summed E-state index contributed by atoms with van der Waals surface area (Å²) in [4.78, 5) is 13.7. The smallest absolute Gasteiger partial charge is 0.294 e. The van der Waals surface area contributed by atoms with Crippen LogP contribution in [-0.4, -0.2) is 80.1 Å². The summed E-state index contributed by atoms with van der Waals surface area (Å²) in [6.45, 7) is 9.09. The predicted molar refractivity (Wildman–Crippen MR) is 252 cm³/mol. The number of benzene rings is 3. The van der Waals surface area contributed by atoms with Crippen LogP contribution >= 0.6 is 12.6 Å². The molecule has 13 nitrogen and oxygen atoms in total. The molecule has 0 spiro atoms. The van der Waals surface area contributed by atoms with E-state index in [-0.39, 0.29) is 17.1 Å². The fourth-order valence-corrected chi connectivity index (χ4v) is 10.7. The Hall–Kier alpha value is -4.36. The van der Waals surface area contributed by atoms with Gasteiger partial charge in [-0.3, -0.25) is 13.7 Å². The minimum absolute atomic E-state index is 0.200. The number of fused-ring (bicyclic) bond motifs is 2. The first kappa shape index (κ1) is 49.1. The molecule has 6 rings (SSSR count). The molecule has 3 aliphatic rings. The molecule has 0 saturated heterocycles. The van der Waals surface area contributed by atoms with Crippen molar-refractivity contribution in [1.82, 2.24) is 0 Å². The summed E-state index contributed by atoms with van der Waals surface area (Å²) >= 11 is 4.64. The fourth-order valence-electron chi connectivity index (χ4n) is 8.85. The van der Waals surface area contributed by atoms with Crippen molar-refractivity contribution >= 4 is 66.4 Å². The molecular formula is C47H57N2O11S4+. The van der Waals surface area contributed by atoms with E-state index >= 15 is 0 Å². The summed E-state index contributed by atoms with van der Waals surface area (Å²) in [6, 6.07) is 18.1. The fraction of sp³-hybridized carbons (Fsp3) is 0.404. The average molecular weight is 954 g/mol. The molecule has 1 aliphatic carbocycles. The van der Waals surface area contributed by atoms with Gasteiger partial charge in [-0.2, -0.15) is 29.8 Å².